The Morgan fingerprint density at radius 2 is 2.10 bits per heavy atom. The van der Waals surface area contributed by atoms with E-state index in [9.17, 15) is 10.1 Å². The molecule has 20 heavy (non-hydrogen) atoms. The van der Waals surface area contributed by atoms with Crippen molar-refractivity contribution in [2.75, 3.05) is 5.32 Å². The van der Waals surface area contributed by atoms with Gasteiger partial charge in [-0.25, -0.2) is 4.98 Å². The zero-order chi connectivity index (χ0) is 14.9. The smallest absolute Gasteiger partial charge is 0.329 e. The monoisotopic (exact) mass is 376 g/mol. The first-order valence-corrected chi connectivity index (χ1v) is 6.83. The van der Waals surface area contributed by atoms with Crippen LogP contribution in [0.4, 0.5) is 17.2 Å². The Morgan fingerprint density at radius 1 is 1.40 bits per heavy atom. The minimum absolute atomic E-state index is 0.00406. The maximum absolute atomic E-state index is 10.9. The van der Waals surface area contributed by atoms with Gasteiger partial charge < -0.3 is 5.32 Å². The highest BCUT2D eigenvalue weighted by Gasteiger charge is 2.18. The van der Waals surface area contributed by atoms with E-state index in [1.807, 2.05) is 6.92 Å². The molecular formula is C11H7BrCl2N4O2. The molecule has 0 unspecified atom stereocenters. The molecule has 6 nitrogen and oxygen atoms in total. The van der Waals surface area contributed by atoms with Gasteiger partial charge in [-0.1, -0.05) is 11.6 Å². The van der Waals surface area contributed by atoms with E-state index in [1.165, 1.54) is 0 Å². The van der Waals surface area contributed by atoms with Crippen LogP contribution in [-0.4, -0.2) is 14.9 Å². The Morgan fingerprint density at radius 3 is 2.75 bits per heavy atom. The van der Waals surface area contributed by atoms with Crippen LogP contribution in [0.5, 0.6) is 0 Å². The summed E-state index contributed by atoms with van der Waals surface area (Å²) in [7, 11) is 0. The Hall–Kier alpha value is -1.44. The minimum Gasteiger partial charge on any atom is -0.333 e. The average Bonchev–Trinajstić information content (AvgIpc) is 2.35. The first-order valence-electron chi connectivity index (χ1n) is 5.28. The van der Waals surface area contributed by atoms with Crippen LogP contribution in [0.3, 0.4) is 0 Å². The number of halogens is 3. The van der Waals surface area contributed by atoms with Crippen LogP contribution in [0.2, 0.25) is 10.3 Å². The molecule has 1 aromatic carbocycles. The second kappa shape index (κ2) is 5.90. The molecule has 0 amide bonds. The van der Waals surface area contributed by atoms with Crippen LogP contribution in [0.1, 0.15) is 5.56 Å². The number of aromatic nitrogens is 2. The predicted octanol–water partition coefficient (Wildman–Crippen LogP) is 4.51. The van der Waals surface area contributed by atoms with Crippen LogP contribution in [0.25, 0.3) is 0 Å². The number of benzene rings is 1. The molecule has 0 aliphatic rings. The summed E-state index contributed by atoms with van der Waals surface area (Å²) in [5, 5.41) is 14.2. The van der Waals surface area contributed by atoms with Crippen LogP contribution in [0.15, 0.2) is 22.8 Å². The lowest BCUT2D eigenvalue weighted by atomic mass is 10.2. The van der Waals surface area contributed by atoms with E-state index in [1.54, 1.807) is 12.1 Å². The number of hydrogen-bond donors (Lipinski definition) is 1. The van der Waals surface area contributed by atoms with Crippen molar-refractivity contribution < 1.29 is 4.92 Å². The van der Waals surface area contributed by atoms with Gasteiger partial charge in [-0.15, -0.1) is 0 Å². The molecule has 2 aromatic rings. The molecule has 1 heterocycles. The summed E-state index contributed by atoms with van der Waals surface area (Å²) >= 11 is 15.0. The van der Waals surface area contributed by atoms with Gasteiger partial charge in [0, 0.05) is 9.50 Å². The molecule has 0 aliphatic heterocycles. The first kappa shape index (κ1) is 15.0. The number of nitro groups is 1. The molecule has 0 saturated carbocycles. The molecule has 0 aliphatic carbocycles. The van der Waals surface area contributed by atoms with Gasteiger partial charge in [-0.3, -0.25) is 10.1 Å². The van der Waals surface area contributed by atoms with Crippen molar-refractivity contribution in [3.8, 4) is 0 Å². The predicted molar refractivity (Wildman–Crippen MR) is 80.9 cm³/mol. The van der Waals surface area contributed by atoms with Crippen molar-refractivity contribution in [2.24, 2.45) is 0 Å². The molecular weight excluding hydrogens is 371 g/mol. The molecule has 1 aromatic heterocycles. The van der Waals surface area contributed by atoms with Crippen molar-refractivity contribution >= 4 is 56.3 Å². The van der Waals surface area contributed by atoms with Crippen LogP contribution in [-0.2, 0) is 0 Å². The minimum atomic E-state index is -0.595. The van der Waals surface area contributed by atoms with Gasteiger partial charge >= 0.3 is 5.69 Å². The second-order valence-corrected chi connectivity index (χ2v) is 5.44. The summed E-state index contributed by atoms with van der Waals surface area (Å²) < 4.78 is 0.698. The third kappa shape index (κ3) is 3.17. The van der Waals surface area contributed by atoms with Gasteiger partial charge in [-0.2, -0.15) is 4.98 Å². The van der Waals surface area contributed by atoms with E-state index in [-0.39, 0.29) is 16.8 Å². The van der Waals surface area contributed by atoms with Crippen molar-refractivity contribution in [1.29, 1.82) is 0 Å². The van der Waals surface area contributed by atoms with E-state index >= 15 is 0 Å². The van der Waals surface area contributed by atoms with Crippen LogP contribution in [0, 0.1) is 17.0 Å². The number of hydrogen-bond acceptors (Lipinski definition) is 5. The number of anilines is 2. The van der Waals surface area contributed by atoms with Crippen molar-refractivity contribution in [1.82, 2.24) is 9.97 Å². The molecule has 0 bridgehead atoms. The van der Waals surface area contributed by atoms with E-state index < -0.39 is 4.92 Å². The summed E-state index contributed by atoms with van der Waals surface area (Å²) in [5.41, 5.74) is 1.13. The maximum atomic E-state index is 10.9. The van der Waals surface area contributed by atoms with Crippen LogP contribution < -0.4 is 5.32 Å². The largest absolute Gasteiger partial charge is 0.333 e. The molecule has 0 radical (unpaired) electrons. The zero-order valence-electron chi connectivity index (χ0n) is 10.0. The second-order valence-electron chi connectivity index (χ2n) is 3.84. The van der Waals surface area contributed by atoms with Gasteiger partial charge in [0.25, 0.3) is 0 Å². The number of nitrogens with one attached hydrogen (secondary N) is 1. The average molecular weight is 378 g/mol. The topological polar surface area (TPSA) is 81.0 Å². The Bertz CT molecular complexity index is 696. The number of aryl methyl sites for hydroxylation is 1. The normalized spacial score (nSPS) is 10.4. The third-order valence-corrected chi connectivity index (χ3v) is 3.68. The summed E-state index contributed by atoms with van der Waals surface area (Å²) in [6.45, 7) is 1.85. The van der Waals surface area contributed by atoms with Gasteiger partial charge in [0.05, 0.1) is 10.6 Å². The first-order chi connectivity index (χ1) is 9.38. The highest BCUT2D eigenvalue weighted by Crippen LogP contribution is 2.33. The summed E-state index contributed by atoms with van der Waals surface area (Å²) in [5.74, 6) is -0.00406. The maximum Gasteiger partial charge on any atom is 0.329 e. The van der Waals surface area contributed by atoms with Gasteiger partial charge in [-0.05, 0) is 52.2 Å². The SMILES string of the molecule is Cc1cc(Br)c(Nc2nc(Cl)ncc2[N+](=O)[O-])cc1Cl. The fourth-order valence-electron chi connectivity index (χ4n) is 1.45. The molecule has 0 atom stereocenters. The van der Waals surface area contributed by atoms with Gasteiger partial charge in [0.2, 0.25) is 11.1 Å². The molecule has 0 saturated heterocycles. The molecule has 2 rings (SSSR count). The van der Waals surface area contributed by atoms with Crippen molar-refractivity contribution in [3.05, 3.63) is 48.8 Å². The van der Waals surface area contributed by atoms with Crippen LogP contribution >= 0.6 is 39.1 Å². The lowest BCUT2D eigenvalue weighted by Gasteiger charge is -2.10. The van der Waals surface area contributed by atoms with E-state index in [4.69, 9.17) is 23.2 Å². The standard InChI is InChI=1S/C11H7BrCl2N4O2/c1-5-2-6(12)8(3-7(5)13)16-10-9(18(19)20)4-15-11(14)17-10/h2-4H,1H3,(H,15,16,17). The summed E-state index contributed by atoms with van der Waals surface area (Å²) in [4.78, 5) is 17.8. The molecule has 104 valence electrons. The lowest BCUT2D eigenvalue weighted by Crippen LogP contribution is -2.02. The Labute approximate surface area is 132 Å². The Kier molecular flexibility index (Phi) is 4.42. The van der Waals surface area contributed by atoms with Crippen molar-refractivity contribution in [3.63, 3.8) is 0 Å². The molecule has 0 fully saturated rings. The number of nitrogens with zero attached hydrogens (tertiary/aromatic N) is 3. The highest BCUT2D eigenvalue weighted by molar-refractivity contribution is 9.10. The van der Waals surface area contributed by atoms with Gasteiger partial charge in [0.15, 0.2) is 0 Å². The molecule has 9 heteroatoms. The molecule has 1 N–H and O–H groups in total. The third-order valence-electron chi connectivity index (χ3n) is 2.44. The Balaban J connectivity index is 2.47. The number of rotatable bonds is 3. The van der Waals surface area contributed by atoms with E-state index in [2.05, 4.69) is 31.2 Å². The fourth-order valence-corrected chi connectivity index (χ4v) is 2.30. The molecule has 0 spiro atoms. The quantitative estimate of drug-likeness (QED) is 0.483. The zero-order valence-corrected chi connectivity index (χ0v) is 13.1. The lowest BCUT2D eigenvalue weighted by molar-refractivity contribution is -0.384. The highest BCUT2D eigenvalue weighted by atomic mass is 79.9. The van der Waals surface area contributed by atoms with Crippen molar-refractivity contribution in [2.45, 2.75) is 6.92 Å². The van der Waals surface area contributed by atoms with E-state index in [0.29, 0.717) is 15.2 Å². The van der Waals surface area contributed by atoms with Gasteiger partial charge in [0.1, 0.15) is 6.20 Å². The van der Waals surface area contributed by atoms with E-state index in [0.717, 1.165) is 11.8 Å². The summed E-state index contributed by atoms with van der Waals surface area (Å²) in [6, 6.07) is 3.43. The summed E-state index contributed by atoms with van der Waals surface area (Å²) in [6.07, 6.45) is 1.04. The fraction of sp³-hybridized carbons (Fsp3) is 0.0909.